The third kappa shape index (κ3) is 5.61. The van der Waals surface area contributed by atoms with E-state index in [2.05, 4.69) is 4.98 Å². The number of aromatic nitrogens is 1. The van der Waals surface area contributed by atoms with Crippen LogP contribution in [0.5, 0.6) is 0 Å². The Morgan fingerprint density at radius 3 is 2.37 bits per heavy atom. The smallest absolute Gasteiger partial charge is 0.411 e. The maximum atomic E-state index is 14.3. The van der Waals surface area contributed by atoms with E-state index in [0.29, 0.717) is 16.8 Å². The van der Waals surface area contributed by atoms with Gasteiger partial charge in [0.2, 0.25) is 0 Å². The predicted octanol–water partition coefficient (Wildman–Crippen LogP) is 4.92. The van der Waals surface area contributed by atoms with E-state index < -0.39 is 23.6 Å². The molecule has 0 radical (unpaired) electrons. The van der Waals surface area contributed by atoms with E-state index in [1.165, 1.54) is 24.1 Å². The van der Waals surface area contributed by atoms with Crippen molar-refractivity contribution in [3.05, 3.63) is 65.2 Å². The molecule has 2 aromatic rings. The molecule has 0 aliphatic heterocycles. The van der Waals surface area contributed by atoms with Crippen LogP contribution in [-0.2, 0) is 11.3 Å². The molecule has 0 bridgehead atoms. The largest absolute Gasteiger partial charge is 0.444 e. The first-order chi connectivity index (χ1) is 12.6. The fourth-order valence-electron chi connectivity index (χ4n) is 2.56. The minimum atomic E-state index is -0.684. The van der Waals surface area contributed by atoms with Crippen LogP contribution in [0.4, 0.5) is 9.18 Å². The lowest BCUT2D eigenvalue weighted by atomic mass is 10.1. The van der Waals surface area contributed by atoms with Gasteiger partial charge >= 0.3 is 6.09 Å². The van der Waals surface area contributed by atoms with E-state index in [-0.39, 0.29) is 12.3 Å². The molecule has 0 saturated heterocycles. The molecule has 0 aliphatic rings. The van der Waals surface area contributed by atoms with Gasteiger partial charge in [0, 0.05) is 17.3 Å². The Balaban J connectivity index is 2.33. The maximum Gasteiger partial charge on any atom is 0.411 e. The Morgan fingerprint density at radius 1 is 1.19 bits per heavy atom. The van der Waals surface area contributed by atoms with Crippen molar-refractivity contribution in [2.45, 2.75) is 52.8 Å². The highest BCUT2D eigenvalue weighted by molar-refractivity contribution is 5.93. The molecule has 0 unspecified atom stereocenters. The quantitative estimate of drug-likeness (QED) is 0.699. The van der Waals surface area contributed by atoms with Gasteiger partial charge in [0.05, 0.1) is 18.3 Å². The zero-order valence-electron chi connectivity index (χ0n) is 16.3. The summed E-state index contributed by atoms with van der Waals surface area (Å²) in [5.41, 5.74) is 0.776. The first-order valence-electron chi connectivity index (χ1n) is 8.78. The number of pyridine rings is 1. The van der Waals surface area contributed by atoms with Gasteiger partial charge in [-0.1, -0.05) is 18.2 Å². The Labute approximate surface area is 159 Å². The summed E-state index contributed by atoms with van der Waals surface area (Å²) in [6, 6.07) is 9.11. The molecule has 0 spiro atoms. The van der Waals surface area contributed by atoms with Crippen molar-refractivity contribution in [3.8, 4) is 0 Å². The van der Waals surface area contributed by atoms with Crippen molar-refractivity contribution in [1.29, 1.82) is 0 Å². The van der Waals surface area contributed by atoms with E-state index >= 15 is 0 Å². The molecule has 1 aromatic carbocycles. The lowest BCUT2D eigenvalue weighted by Gasteiger charge is -2.32. The molecule has 1 heterocycles. The predicted molar refractivity (Wildman–Crippen MR) is 101 cm³/mol. The van der Waals surface area contributed by atoms with Gasteiger partial charge in [0.1, 0.15) is 11.4 Å². The van der Waals surface area contributed by atoms with Crippen LogP contribution in [0.3, 0.4) is 0 Å². The van der Waals surface area contributed by atoms with Crippen LogP contribution in [0.15, 0.2) is 42.6 Å². The number of ether oxygens (including phenoxy) is 1. The summed E-state index contributed by atoms with van der Waals surface area (Å²) < 4.78 is 19.7. The maximum absolute atomic E-state index is 14.3. The van der Waals surface area contributed by atoms with Gasteiger partial charge in [-0.2, -0.15) is 0 Å². The number of rotatable bonds is 5. The number of carbonyl (C=O) groups excluding carboxylic acids is 2. The molecular formula is C21H25FN2O3. The molecule has 5 nitrogen and oxygen atoms in total. The second kappa shape index (κ2) is 8.29. The monoisotopic (exact) mass is 372 g/mol. The summed E-state index contributed by atoms with van der Waals surface area (Å²) >= 11 is 0. The van der Waals surface area contributed by atoms with Gasteiger partial charge in [-0.25, -0.2) is 9.18 Å². The molecule has 1 amide bonds. The number of ketones is 1. The first-order valence-corrected chi connectivity index (χ1v) is 8.78. The van der Waals surface area contributed by atoms with Gasteiger partial charge in [-0.15, -0.1) is 0 Å². The minimum Gasteiger partial charge on any atom is -0.444 e. The molecule has 1 atom stereocenters. The van der Waals surface area contributed by atoms with Gasteiger partial charge in [0.25, 0.3) is 0 Å². The van der Waals surface area contributed by atoms with Crippen molar-refractivity contribution < 1.29 is 18.7 Å². The number of amides is 1. The first kappa shape index (κ1) is 20.6. The highest BCUT2D eigenvalue weighted by Crippen LogP contribution is 2.26. The minimum absolute atomic E-state index is 0.0854. The normalized spacial score (nSPS) is 12.4. The van der Waals surface area contributed by atoms with E-state index in [9.17, 15) is 14.0 Å². The van der Waals surface area contributed by atoms with Crippen molar-refractivity contribution in [3.63, 3.8) is 0 Å². The lowest BCUT2D eigenvalue weighted by molar-refractivity contribution is 0.0147. The number of hydrogen-bond acceptors (Lipinski definition) is 4. The average Bonchev–Trinajstić information content (AvgIpc) is 2.58. The number of carbonyl (C=O) groups is 2. The van der Waals surface area contributed by atoms with Crippen LogP contribution in [0, 0.1) is 5.82 Å². The topological polar surface area (TPSA) is 59.5 Å². The molecule has 6 heteroatoms. The zero-order valence-corrected chi connectivity index (χ0v) is 16.3. The Bertz CT molecular complexity index is 813. The highest BCUT2D eigenvalue weighted by Gasteiger charge is 2.28. The second-order valence-electron chi connectivity index (χ2n) is 7.40. The van der Waals surface area contributed by atoms with E-state index in [1.807, 2.05) is 0 Å². The van der Waals surface area contributed by atoms with Crippen LogP contribution in [0.2, 0.25) is 0 Å². The van der Waals surface area contributed by atoms with Crippen LogP contribution in [0.25, 0.3) is 0 Å². The van der Waals surface area contributed by atoms with Crippen LogP contribution in [0.1, 0.15) is 62.3 Å². The molecule has 2 rings (SSSR count). The summed E-state index contributed by atoms with van der Waals surface area (Å²) in [5, 5.41) is 0. The molecule has 0 N–H and O–H groups in total. The van der Waals surface area contributed by atoms with E-state index in [0.717, 1.165) is 0 Å². The van der Waals surface area contributed by atoms with Crippen molar-refractivity contribution in [2.24, 2.45) is 0 Å². The molecule has 1 aromatic heterocycles. The van der Waals surface area contributed by atoms with Crippen molar-refractivity contribution in [2.75, 3.05) is 0 Å². The standard InChI is InChI=1S/C21H25FN2O3/c1-14(18-8-6-7-9-19(18)22)24(20(26)27-21(3,4)5)13-17-11-10-16(12-23-17)15(2)25/h6-12,14H,13H2,1-5H3/t14-/m1/s1. The number of halogens is 1. The molecule has 27 heavy (non-hydrogen) atoms. The zero-order chi connectivity index (χ0) is 20.2. The molecule has 0 fully saturated rings. The fraction of sp³-hybridized carbons (Fsp3) is 0.381. The SMILES string of the molecule is CC(=O)c1ccc(CN(C(=O)OC(C)(C)C)[C@H](C)c2ccccc2F)nc1. The third-order valence-corrected chi connectivity index (χ3v) is 4.01. The van der Waals surface area contributed by atoms with E-state index in [4.69, 9.17) is 4.74 Å². The third-order valence-electron chi connectivity index (χ3n) is 4.01. The second-order valence-corrected chi connectivity index (χ2v) is 7.40. The number of Topliss-reactive ketones (excluding diaryl/α,β-unsaturated/α-hetero) is 1. The van der Waals surface area contributed by atoms with Gasteiger partial charge < -0.3 is 4.74 Å². The summed E-state index contributed by atoms with van der Waals surface area (Å²) in [4.78, 5) is 29.9. The molecular weight excluding hydrogens is 347 g/mol. The Morgan fingerprint density at radius 2 is 1.85 bits per heavy atom. The summed E-state index contributed by atoms with van der Waals surface area (Å²) in [6.07, 6.45) is 0.911. The van der Waals surface area contributed by atoms with E-state index in [1.54, 1.807) is 58.0 Å². The summed E-state index contributed by atoms with van der Waals surface area (Å²) in [5.74, 6) is -0.476. The van der Waals surface area contributed by atoms with Crippen LogP contribution >= 0.6 is 0 Å². The van der Waals surface area contributed by atoms with Crippen molar-refractivity contribution >= 4 is 11.9 Å². The van der Waals surface area contributed by atoms with Crippen LogP contribution in [-0.4, -0.2) is 27.4 Å². The Hall–Kier alpha value is -2.76. The molecule has 0 saturated carbocycles. The van der Waals surface area contributed by atoms with Gasteiger partial charge in [0.15, 0.2) is 5.78 Å². The van der Waals surface area contributed by atoms with Crippen molar-refractivity contribution in [1.82, 2.24) is 9.88 Å². The number of hydrogen-bond donors (Lipinski definition) is 0. The lowest BCUT2D eigenvalue weighted by Crippen LogP contribution is -2.38. The fourth-order valence-corrected chi connectivity index (χ4v) is 2.56. The number of benzene rings is 1. The number of nitrogens with zero attached hydrogens (tertiary/aromatic N) is 2. The molecule has 144 valence electrons. The summed E-state index contributed by atoms with van der Waals surface area (Å²) in [7, 11) is 0. The molecule has 0 aliphatic carbocycles. The Kier molecular flexibility index (Phi) is 6.31. The summed E-state index contributed by atoms with van der Waals surface area (Å²) in [6.45, 7) is 8.66. The van der Waals surface area contributed by atoms with Gasteiger partial charge in [-0.3, -0.25) is 14.7 Å². The van der Waals surface area contributed by atoms with Gasteiger partial charge in [-0.05, 0) is 52.8 Å². The average molecular weight is 372 g/mol. The van der Waals surface area contributed by atoms with Crippen LogP contribution < -0.4 is 0 Å². The highest BCUT2D eigenvalue weighted by atomic mass is 19.1.